The Hall–Kier alpha value is -3.30. The second kappa shape index (κ2) is 7.93. The second-order valence-electron chi connectivity index (χ2n) is 9.81. The van der Waals surface area contributed by atoms with E-state index in [1.54, 1.807) is 30.2 Å². The monoisotopic (exact) mass is 461 g/mol. The Morgan fingerprint density at radius 2 is 1.97 bits per heavy atom. The molecule has 1 fully saturated rings. The molecule has 2 aliphatic rings. The SMILES string of the molecule is C[C@@H]1CN(c2c(F)cc3c(=O)c(C(=O)O)cn4c3c2OC[C@@H]4C)C[C@@H]1NC(=O)OC(C)(C)C. The number of pyridine rings is 1. The van der Waals surface area contributed by atoms with E-state index in [4.69, 9.17) is 9.47 Å². The lowest BCUT2D eigenvalue weighted by molar-refractivity contribution is 0.0499. The number of carbonyl (C=O) groups is 2. The molecule has 4 rings (SSSR count). The Kier molecular flexibility index (Phi) is 5.50. The predicted octanol–water partition coefficient (Wildman–Crippen LogP) is 3.14. The fourth-order valence-corrected chi connectivity index (χ4v) is 4.45. The molecule has 1 amide bonds. The number of nitrogens with one attached hydrogen (secondary N) is 1. The highest BCUT2D eigenvalue weighted by Gasteiger charge is 2.37. The molecule has 10 heteroatoms. The van der Waals surface area contributed by atoms with E-state index in [0.29, 0.717) is 18.6 Å². The van der Waals surface area contributed by atoms with Crippen LogP contribution in [0.1, 0.15) is 51.0 Å². The van der Waals surface area contributed by atoms with Crippen LogP contribution in [0, 0.1) is 11.7 Å². The second-order valence-corrected chi connectivity index (χ2v) is 9.81. The van der Waals surface area contributed by atoms with E-state index in [9.17, 15) is 19.5 Å². The van der Waals surface area contributed by atoms with Crippen molar-refractivity contribution < 1.29 is 28.6 Å². The van der Waals surface area contributed by atoms with Crippen LogP contribution in [0.3, 0.4) is 0 Å². The molecule has 1 aromatic carbocycles. The number of anilines is 1. The highest BCUT2D eigenvalue weighted by Crippen LogP contribution is 2.43. The lowest BCUT2D eigenvalue weighted by Gasteiger charge is -2.31. The van der Waals surface area contributed by atoms with Crippen LogP contribution in [-0.2, 0) is 4.74 Å². The van der Waals surface area contributed by atoms with E-state index in [2.05, 4.69) is 5.32 Å². The summed E-state index contributed by atoms with van der Waals surface area (Å²) in [5.74, 6) is -1.83. The first-order chi connectivity index (χ1) is 15.4. The molecule has 0 radical (unpaired) electrons. The zero-order chi connectivity index (χ0) is 24.2. The van der Waals surface area contributed by atoms with Gasteiger partial charge < -0.3 is 29.4 Å². The van der Waals surface area contributed by atoms with Crippen molar-refractivity contribution in [2.24, 2.45) is 5.92 Å². The molecule has 178 valence electrons. The van der Waals surface area contributed by atoms with Crippen LogP contribution in [0.5, 0.6) is 5.75 Å². The van der Waals surface area contributed by atoms with Crippen LogP contribution >= 0.6 is 0 Å². The number of carbonyl (C=O) groups excluding carboxylic acids is 1. The van der Waals surface area contributed by atoms with E-state index < -0.39 is 34.5 Å². The summed E-state index contributed by atoms with van der Waals surface area (Å²) in [6.45, 7) is 10.1. The highest BCUT2D eigenvalue weighted by molar-refractivity contribution is 5.97. The van der Waals surface area contributed by atoms with Crippen molar-refractivity contribution in [3.63, 3.8) is 0 Å². The summed E-state index contributed by atoms with van der Waals surface area (Å²) in [5, 5.41) is 12.2. The maximum Gasteiger partial charge on any atom is 0.407 e. The molecular weight excluding hydrogens is 433 g/mol. The van der Waals surface area contributed by atoms with Crippen LogP contribution in [0.4, 0.5) is 14.9 Å². The normalized spacial score (nSPS) is 22.2. The van der Waals surface area contributed by atoms with Gasteiger partial charge in [0.25, 0.3) is 0 Å². The molecule has 0 unspecified atom stereocenters. The molecule has 0 spiro atoms. The van der Waals surface area contributed by atoms with Crippen molar-refractivity contribution in [1.29, 1.82) is 0 Å². The summed E-state index contributed by atoms with van der Waals surface area (Å²) in [4.78, 5) is 38.3. The van der Waals surface area contributed by atoms with Gasteiger partial charge in [0.1, 0.15) is 23.5 Å². The number of rotatable bonds is 3. The van der Waals surface area contributed by atoms with Crippen molar-refractivity contribution in [1.82, 2.24) is 9.88 Å². The minimum absolute atomic E-state index is 0.00101. The smallest absolute Gasteiger partial charge is 0.407 e. The number of ether oxygens (including phenoxy) is 2. The van der Waals surface area contributed by atoms with Gasteiger partial charge in [-0.1, -0.05) is 6.92 Å². The molecule has 1 saturated heterocycles. The first kappa shape index (κ1) is 22.9. The van der Waals surface area contributed by atoms with Gasteiger partial charge in [-0.05, 0) is 39.7 Å². The zero-order valence-corrected chi connectivity index (χ0v) is 19.3. The van der Waals surface area contributed by atoms with Crippen molar-refractivity contribution >= 4 is 28.7 Å². The Bertz CT molecular complexity index is 1200. The maximum atomic E-state index is 15.4. The summed E-state index contributed by atoms with van der Waals surface area (Å²) in [5.41, 5.74) is -1.23. The first-order valence-electron chi connectivity index (χ1n) is 10.9. The average Bonchev–Trinajstić information content (AvgIpc) is 3.03. The molecule has 3 heterocycles. The molecule has 0 saturated carbocycles. The van der Waals surface area contributed by atoms with Crippen LogP contribution in [0.25, 0.3) is 10.9 Å². The number of carboxylic acid groups (broad SMARTS) is 1. The molecule has 33 heavy (non-hydrogen) atoms. The van der Waals surface area contributed by atoms with Gasteiger partial charge >= 0.3 is 12.1 Å². The highest BCUT2D eigenvalue weighted by atomic mass is 19.1. The van der Waals surface area contributed by atoms with E-state index in [-0.39, 0.29) is 41.4 Å². The molecule has 0 aliphatic carbocycles. The van der Waals surface area contributed by atoms with Crippen molar-refractivity contribution in [2.45, 2.75) is 52.3 Å². The van der Waals surface area contributed by atoms with E-state index in [1.165, 1.54) is 6.20 Å². The predicted molar refractivity (Wildman–Crippen MR) is 120 cm³/mol. The maximum absolute atomic E-state index is 15.4. The first-order valence-corrected chi connectivity index (χ1v) is 10.9. The third-order valence-corrected chi connectivity index (χ3v) is 6.00. The molecule has 0 bridgehead atoms. The molecule has 2 aromatic rings. The zero-order valence-electron chi connectivity index (χ0n) is 19.3. The van der Waals surface area contributed by atoms with Crippen LogP contribution in [-0.4, -0.2) is 53.1 Å². The number of benzene rings is 1. The van der Waals surface area contributed by atoms with Gasteiger partial charge in [0.2, 0.25) is 5.43 Å². The van der Waals surface area contributed by atoms with Gasteiger partial charge in [-0.2, -0.15) is 0 Å². The van der Waals surface area contributed by atoms with Gasteiger partial charge in [-0.25, -0.2) is 14.0 Å². The average molecular weight is 461 g/mol. The quantitative estimate of drug-likeness (QED) is 0.723. The standard InChI is InChI=1S/C23H28FN3O6/c1-11-7-26(9-16(11)25-22(31)33-23(3,4)5)18-15(24)6-13-17-20(18)32-10-12(2)27(17)8-14(19(13)28)21(29)30/h6,8,11-12,16H,7,9-10H2,1-5H3,(H,25,31)(H,29,30)/t11-,12+,16+/m1/s1. The third kappa shape index (κ3) is 4.09. The van der Waals surface area contributed by atoms with Crippen molar-refractivity contribution in [2.75, 3.05) is 24.6 Å². The number of halogens is 1. The number of nitrogens with zero attached hydrogens (tertiary/aromatic N) is 2. The molecule has 1 aromatic heterocycles. The van der Waals surface area contributed by atoms with E-state index >= 15 is 4.39 Å². The van der Waals surface area contributed by atoms with Gasteiger partial charge in [0, 0.05) is 19.3 Å². The number of alkyl carbamates (subject to hydrolysis) is 1. The Labute approximate surface area is 190 Å². The van der Waals surface area contributed by atoms with Gasteiger partial charge in [0.05, 0.1) is 23.0 Å². The fraction of sp³-hybridized carbons (Fsp3) is 0.522. The van der Waals surface area contributed by atoms with Crippen LogP contribution in [0.2, 0.25) is 0 Å². The topological polar surface area (TPSA) is 110 Å². The van der Waals surface area contributed by atoms with Crippen LogP contribution < -0.4 is 20.4 Å². The van der Waals surface area contributed by atoms with Gasteiger partial charge in [-0.3, -0.25) is 4.79 Å². The number of hydrogen-bond donors (Lipinski definition) is 2. The minimum atomic E-state index is -1.36. The van der Waals surface area contributed by atoms with Gasteiger partial charge in [-0.15, -0.1) is 0 Å². The number of amides is 1. The lowest BCUT2D eigenvalue weighted by atomic mass is 10.1. The summed E-state index contributed by atoms with van der Waals surface area (Å²) in [7, 11) is 0. The Morgan fingerprint density at radius 3 is 2.61 bits per heavy atom. The summed E-state index contributed by atoms with van der Waals surface area (Å²) in [6, 6.07) is 0.567. The molecule has 9 nitrogen and oxygen atoms in total. The summed E-state index contributed by atoms with van der Waals surface area (Å²) >= 11 is 0. The van der Waals surface area contributed by atoms with Crippen LogP contribution in [0.15, 0.2) is 17.1 Å². The molecular formula is C23H28FN3O6. The fourth-order valence-electron chi connectivity index (χ4n) is 4.45. The Balaban J connectivity index is 1.75. The van der Waals surface area contributed by atoms with Gasteiger partial charge in [0.15, 0.2) is 11.6 Å². The minimum Gasteiger partial charge on any atom is -0.487 e. The number of hydrogen-bond acceptors (Lipinski definition) is 6. The number of carboxylic acids is 1. The van der Waals surface area contributed by atoms with Crippen molar-refractivity contribution in [3.8, 4) is 5.75 Å². The lowest BCUT2D eigenvalue weighted by Crippen LogP contribution is -2.42. The number of aromatic carboxylic acids is 1. The molecule has 3 atom stereocenters. The summed E-state index contributed by atoms with van der Waals surface area (Å²) < 4.78 is 28.3. The summed E-state index contributed by atoms with van der Waals surface area (Å²) in [6.07, 6.45) is 0.756. The van der Waals surface area contributed by atoms with E-state index in [1.807, 2.05) is 13.8 Å². The number of aromatic nitrogens is 1. The van der Waals surface area contributed by atoms with Crippen molar-refractivity contribution in [3.05, 3.63) is 33.9 Å². The third-order valence-electron chi connectivity index (χ3n) is 6.00. The Morgan fingerprint density at radius 1 is 1.27 bits per heavy atom. The molecule has 2 N–H and O–H groups in total. The largest absolute Gasteiger partial charge is 0.487 e. The molecule has 2 aliphatic heterocycles. The van der Waals surface area contributed by atoms with E-state index in [0.717, 1.165) is 6.07 Å².